The average Bonchev–Trinajstić information content (AvgIpc) is 3.04. The van der Waals surface area contributed by atoms with Crippen molar-refractivity contribution in [1.29, 1.82) is 0 Å². The molecule has 33 heavy (non-hydrogen) atoms. The maximum atomic E-state index is 13.5. The fourth-order valence-corrected chi connectivity index (χ4v) is 5.05. The van der Waals surface area contributed by atoms with E-state index in [0.717, 1.165) is 69.2 Å². The Balaban J connectivity index is 1.97. The monoisotopic (exact) mass is 464 g/mol. The number of carbonyl (C=O) groups is 1. The standard InChI is InChI=1S/C25H44N4O4/c1-20-19-21(2)28(26-20)23(30)22(15-12-10-8-7-9-11-13-18-27(31)32)33-29-24(3,4)16-14-17-25(29,5)6/h19,22H,7-18H2,1-6H3. The van der Waals surface area contributed by atoms with E-state index in [0.29, 0.717) is 12.8 Å². The molecule has 0 saturated carbocycles. The maximum absolute atomic E-state index is 13.5. The Morgan fingerprint density at radius 1 is 1.06 bits per heavy atom. The predicted molar refractivity (Wildman–Crippen MR) is 130 cm³/mol. The van der Waals surface area contributed by atoms with Gasteiger partial charge in [-0.1, -0.05) is 32.1 Å². The van der Waals surface area contributed by atoms with Gasteiger partial charge in [-0.15, -0.1) is 0 Å². The molecule has 188 valence electrons. The summed E-state index contributed by atoms with van der Waals surface area (Å²) in [7, 11) is 0. The Kier molecular flexibility index (Phi) is 10.0. The summed E-state index contributed by atoms with van der Waals surface area (Å²) in [5.74, 6) is -0.0995. The normalized spacial score (nSPS) is 18.8. The molecule has 1 aliphatic rings. The number of nitrogens with zero attached hydrogens (tertiary/aromatic N) is 4. The number of hydrogen-bond acceptors (Lipinski definition) is 6. The molecule has 1 aromatic heterocycles. The Bertz CT molecular complexity index is 771. The molecular formula is C25H44N4O4. The van der Waals surface area contributed by atoms with Gasteiger partial charge in [-0.3, -0.25) is 19.7 Å². The van der Waals surface area contributed by atoms with E-state index in [-0.39, 0.29) is 28.5 Å². The van der Waals surface area contributed by atoms with Crippen molar-refractivity contribution >= 4 is 5.91 Å². The lowest BCUT2D eigenvalue weighted by atomic mass is 9.82. The van der Waals surface area contributed by atoms with Crippen LogP contribution in [0.4, 0.5) is 0 Å². The molecule has 0 radical (unpaired) electrons. The zero-order chi connectivity index (χ0) is 24.6. The highest BCUT2D eigenvalue weighted by atomic mass is 16.7. The van der Waals surface area contributed by atoms with E-state index in [9.17, 15) is 14.9 Å². The fourth-order valence-electron chi connectivity index (χ4n) is 5.05. The van der Waals surface area contributed by atoms with Gasteiger partial charge in [-0.25, -0.2) is 4.68 Å². The van der Waals surface area contributed by atoms with Crippen LogP contribution in [-0.4, -0.2) is 49.4 Å². The van der Waals surface area contributed by atoms with E-state index in [1.54, 1.807) is 0 Å². The second kappa shape index (κ2) is 12.1. The zero-order valence-electron chi connectivity index (χ0n) is 21.6. The smallest absolute Gasteiger partial charge is 0.278 e. The van der Waals surface area contributed by atoms with Crippen LogP contribution in [0, 0.1) is 24.0 Å². The molecule has 1 fully saturated rings. The molecule has 1 atom stereocenters. The summed E-state index contributed by atoms with van der Waals surface area (Å²) < 4.78 is 1.50. The molecule has 8 heteroatoms. The van der Waals surface area contributed by atoms with Gasteiger partial charge < -0.3 is 0 Å². The fraction of sp³-hybridized carbons (Fsp3) is 0.840. The van der Waals surface area contributed by atoms with E-state index >= 15 is 0 Å². The summed E-state index contributed by atoms with van der Waals surface area (Å²) in [5, 5.41) is 16.9. The number of hydrogen-bond donors (Lipinski definition) is 0. The quantitative estimate of drug-likeness (QED) is 0.206. The lowest BCUT2D eigenvalue weighted by Crippen LogP contribution is -2.60. The summed E-state index contributed by atoms with van der Waals surface area (Å²) in [6.07, 6.45) is 9.95. The van der Waals surface area contributed by atoms with E-state index in [1.165, 1.54) is 4.68 Å². The average molecular weight is 465 g/mol. The molecule has 2 rings (SSSR count). The van der Waals surface area contributed by atoms with Gasteiger partial charge in [0.1, 0.15) is 0 Å². The highest BCUT2D eigenvalue weighted by Crippen LogP contribution is 2.39. The molecule has 0 aromatic carbocycles. The molecule has 0 amide bonds. The van der Waals surface area contributed by atoms with E-state index in [1.807, 2.05) is 19.9 Å². The molecule has 1 aromatic rings. The molecule has 1 unspecified atom stereocenters. The van der Waals surface area contributed by atoms with E-state index in [4.69, 9.17) is 4.84 Å². The van der Waals surface area contributed by atoms with Crippen LogP contribution >= 0.6 is 0 Å². The van der Waals surface area contributed by atoms with Crippen LogP contribution in [-0.2, 0) is 4.84 Å². The van der Waals surface area contributed by atoms with Crippen LogP contribution in [0.5, 0.6) is 0 Å². The van der Waals surface area contributed by atoms with Crippen molar-refractivity contribution in [3.63, 3.8) is 0 Å². The van der Waals surface area contributed by atoms with Crippen molar-refractivity contribution in [2.45, 2.75) is 129 Å². The lowest BCUT2D eigenvalue weighted by Gasteiger charge is -2.52. The third kappa shape index (κ3) is 8.18. The minimum absolute atomic E-state index is 0.0661. The third-order valence-electron chi connectivity index (χ3n) is 6.71. The summed E-state index contributed by atoms with van der Waals surface area (Å²) in [6, 6.07) is 1.92. The Hall–Kier alpha value is -1.80. The largest absolute Gasteiger partial charge is 0.285 e. The SMILES string of the molecule is Cc1cc(C)n(C(=O)C(CCCCCCCCC[N+](=O)[O-])ON2C(C)(C)CCCC2(C)C)n1. The molecule has 1 aliphatic heterocycles. The first kappa shape index (κ1) is 27.4. The van der Waals surface area contributed by atoms with Gasteiger partial charge in [-0.2, -0.15) is 10.2 Å². The summed E-state index contributed by atoms with van der Waals surface area (Å²) >= 11 is 0. The lowest BCUT2D eigenvalue weighted by molar-refractivity contribution is -0.480. The Morgan fingerprint density at radius 2 is 1.61 bits per heavy atom. The number of nitro groups is 1. The van der Waals surface area contributed by atoms with Gasteiger partial charge in [-0.05, 0) is 79.7 Å². The minimum atomic E-state index is -0.570. The molecule has 0 aliphatic carbocycles. The number of unbranched alkanes of at least 4 members (excludes halogenated alkanes) is 6. The second-order valence-electron chi connectivity index (χ2n) is 10.9. The van der Waals surface area contributed by atoms with Crippen molar-refractivity contribution < 1.29 is 14.6 Å². The second-order valence-corrected chi connectivity index (χ2v) is 10.9. The first-order valence-electron chi connectivity index (χ1n) is 12.6. The first-order chi connectivity index (χ1) is 15.4. The number of carbonyl (C=O) groups excluding carboxylic acids is 1. The topological polar surface area (TPSA) is 90.5 Å². The minimum Gasteiger partial charge on any atom is -0.285 e. The number of aromatic nitrogens is 2. The van der Waals surface area contributed by atoms with Gasteiger partial charge in [0.2, 0.25) is 6.54 Å². The van der Waals surface area contributed by atoms with Crippen molar-refractivity contribution in [3.05, 3.63) is 27.6 Å². The van der Waals surface area contributed by atoms with Gasteiger partial charge in [0.25, 0.3) is 5.91 Å². The first-order valence-corrected chi connectivity index (χ1v) is 12.6. The van der Waals surface area contributed by atoms with Crippen molar-refractivity contribution in [3.8, 4) is 0 Å². The predicted octanol–water partition coefficient (Wildman–Crippen LogP) is 5.88. The van der Waals surface area contributed by atoms with Gasteiger partial charge in [0.15, 0.2) is 6.10 Å². The van der Waals surface area contributed by atoms with Crippen LogP contribution in [0.25, 0.3) is 0 Å². The van der Waals surface area contributed by atoms with Crippen molar-refractivity contribution in [2.24, 2.45) is 0 Å². The Morgan fingerprint density at radius 3 is 2.12 bits per heavy atom. The highest BCUT2D eigenvalue weighted by molar-refractivity contribution is 5.83. The van der Waals surface area contributed by atoms with Crippen molar-refractivity contribution in [2.75, 3.05) is 6.54 Å². The molecular weight excluding hydrogens is 420 g/mol. The summed E-state index contributed by atoms with van der Waals surface area (Å²) in [5.41, 5.74) is 1.38. The van der Waals surface area contributed by atoms with E-state index in [2.05, 4.69) is 37.9 Å². The molecule has 1 saturated heterocycles. The molecule has 0 N–H and O–H groups in total. The number of rotatable bonds is 13. The Labute approximate surface area is 199 Å². The van der Waals surface area contributed by atoms with Gasteiger partial charge in [0.05, 0.1) is 5.69 Å². The molecule has 8 nitrogen and oxygen atoms in total. The number of aryl methyl sites for hydroxylation is 2. The summed E-state index contributed by atoms with van der Waals surface area (Å²) in [4.78, 5) is 30.2. The van der Waals surface area contributed by atoms with Gasteiger partial charge >= 0.3 is 0 Å². The zero-order valence-corrected chi connectivity index (χ0v) is 21.6. The van der Waals surface area contributed by atoms with Crippen molar-refractivity contribution in [1.82, 2.24) is 14.8 Å². The summed E-state index contributed by atoms with van der Waals surface area (Å²) in [6.45, 7) is 12.6. The van der Waals surface area contributed by atoms with Crippen LogP contribution in [0.2, 0.25) is 0 Å². The molecule has 0 spiro atoms. The van der Waals surface area contributed by atoms with Crippen LogP contribution < -0.4 is 0 Å². The van der Waals surface area contributed by atoms with E-state index < -0.39 is 6.10 Å². The van der Waals surface area contributed by atoms with Crippen LogP contribution in [0.15, 0.2) is 6.07 Å². The maximum Gasteiger partial charge on any atom is 0.278 e. The highest BCUT2D eigenvalue weighted by Gasteiger charge is 2.44. The van der Waals surface area contributed by atoms with Gasteiger partial charge in [0, 0.05) is 28.1 Å². The molecule has 0 bridgehead atoms. The number of hydroxylamine groups is 2. The van der Waals surface area contributed by atoms with Crippen LogP contribution in [0.1, 0.15) is 115 Å². The number of piperidine rings is 1. The van der Waals surface area contributed by atoms with Crippen LogP contribution in [0.3, 0.4) is 0 Å². The molecule has 2 heterocycles. The third-order valence-corrected chi connectivity index (χ3v) is 6.71.